The SMILES string of the molecule is CCCC(=O)OCCC(O)C(O)C(O)COC(=O)CCC. The molecule has 3 N–H and O–H groups in total. The van der Waals surface area contributed by atoms with Crippen molar-refractivity contribution in [2.75, 3.05) is 13.2 Å². The van der Waals surface area contributed by atoms with Crippen LogP contribution in [0.5, 0.6) is 0 Å². The molecule has 0 saturated heterocycles. The average molecular weight is 306 g/mol. The Kier molecular flexibility index (Phi) is 10.8. The summed E-state index contributed by atoms with van der Waals surface area (Å²) in [7, 11) is 0. The second-order valence-electron chi connectivity index (χ2n) is 4.82. The molecule has 7 nitrogen and oxygen atoms in total. The van der Waals surface area contributed by atoms with Crippen molar-refractivity contribution in [3.8, 4) is 0 Å². The fourth-order valence-electron chi connectivity index (χ4n) is 1.55. The summed E-state index contributed by atoms with van der Waals surface area (Å²) < 4.78 is 9.58. The minimum atomic E-state index is -1.47. The molecule has 0 heterocycles. The largest absolute Gasteiger partial charge is 0.466 e. The van der Waals surface area contributed by atoms with E-state index in [-0.39, 0.29) is 32.0 Å². The van der Waals surface area contributed by atoms with Crippen LogP contribution in [0.1, 0.15) is 46.0 Å². The van der Waals surface area contributed by atoms with Crippen LogP contribution in [0, 0.1) is 0 Å². The van der Waals surface area contributed by atoms with Crippen LogP contribution >= 0.6 is 0 Å². The van der Waals surface area contributed by atoms with Crippen molar-refractivity contribution in [2.24, 2.45) is 0 Å². The van der Waals surface area contributed by atoms with E-state index in [1.165, 1.54) is 0 Å². The number of hydrogen-bond donors (Lipinski definition) is 3. The lowest BCUT2D eigenvalue weighted by molar-refractivity contribution is -0.153. The van der Waals surface area contributed by atoms with Crippen LogP contribution in [0.2, 0.25) is 0 Å². The normalized spacial score (nSPS) is 15.1. The fraction of sp³-hybridized carbons (Fsp3) is 0.857. The summed E-state index contributed by atoms with van der Waals surface area (Å²) in [5, 5.41) is 28.9. The standard InChI is InChI=1S/C14H26O7/c1-3-5-12(17)20-8-7-10(15)14(19)11(16)9-21-13(18)6-4-2/h10-11,14-16,19H,3-9H2,1-2H3. The lowest BCUT2D eigenvalue weighted by Gasteiger charge is -2.22. The van der Waals surface area contributed by atoms with Gasteiger partial charge in [0.1, 0.15) is 18.8 Å². The Labute approximate surface area is 124 Å². The lowest BCUT2D eigenvalue weighted by Crippen LogP contribution is -2.41. The van der Waals surface area contributed by atoms with Crippen molar-refractivity contribution >= 4 is 11.9 Å². The highest BCUT2D eigenvalue weighted by Crippen LogP contribution is 2.06. The van der Waals surface area contributed by atoms with Crippen LogP contribution < -0.4 is 0 Å². The average Bonchev–Trinajstić information content (AvgIpc) is 2.44. The van der Waals surface area contributed by atoms with Gasteiger partial charge >= 0.3 is 11.9 Å². The zero-order chi connectivity index (χ0) is 16.3. The van der Waals surface area contributed by atoms with Gasteiger partial charge in [-0.3, -0.25) is 9.59 Å². The molecule has 21 heavy (non-hydrogen) atoms. The van der Waals surface area contributed by atoms with E-state index in [9.17, 15) is 24.9 Å². The predicted molar refractivity (Wildman–Crippen MR) is 74.4 cm³/mol. The molecule has 0 aliphatic rings. The maximum Gasteiger partial charge on any atom is 0.305 e. The molecule has 0 bridgehead atoms. The summed E-state index contributed by atoms with van der Waals surface area (Å²) in [6.45, 7) is 3.23. The molecule has 0 aliphatic carbocycles. The van der Waals surface area contributed by atoms with Crippen molar-refractivity contribution in [3.63, 3.8) is 0 Å². The van der Waals surface area contributed by atoms with Gasteiger partial charge in [-0.1, -0.05) is 13.8 Å². The molecule has 0 aromatic rings. The first-order valence-corrected chi connectivity index (χ1v) is 7.27. The van der Waals surface area contributed by atoms with E-state index < -0.39 is 24.3 Å². The van der Waals surface area contributed by atoms with Gasteiger partial charge in [-0.25, -0.2) is 0 Å². The van der Waals surface area contributed by atoms with Gasteiger partial charge in [-0.15, -0.1) is 0 Å². The number of ether oxygens (including phenoxy) is 2. The second kappa shape index (κ2) is 11.5. The molecule has 0 spiro atoms. The van der Waals surface area contributed by atoms with Crippen molar-refractivity contribution in [1.82, 2.24) is 0 Å². The molecule has 0 aromatic heterocycles. The van der Waals surface area contributed by atoms with E-state index in [4.69, 9.17) is 9.47 Å². The Morgan fingerprint density at radius 3 is 1.95 bits per heavy atom. The lowest BCUT2D eigenvalue weighted by atomic mass is 10.1. The van der Waals surface area contributed by atoms with Gasteiger partial charge < -0.3 is 24.8 Å². The van der Waals surface area contributed by atoms with Crippen LogP contribution in [0.4, 0.5) is 0 Å². The molecule has 0 amide bonds. The monoisotopic (exact) mass is 306 g/mol. The summed E-state index contributed by atoms with van der Waals surface area (Å²) in [6, 6.07) is 0. The maximum absolute atomic E-state index is 11.1. The van der Waals surface area contributed by atoms with E-state index in [0.717, 1.165) is 0 Å². The summed E-state index contributed by atoms with van der Waals surface area (Å²) in [5.41, 5.74) is 0. The summed E-state index contributed by atoms with van der Waals surface area (Å²) in [5.74, 6) is -0.833. The van der Waals surface area contributed by atoms with Gasteiger partial charge in [0, 0.05) is 19.3 Å². The van der Waals surface area contributed by atoms with Gasteiger partial charge in [0.2, 0.25) is 0 Å². The van der Waals surface area contributed by atoms with Crippen molar-refractivity contribution in [2.45, 2.75) is 64.3 Å². The van der Waals surface area contributed by atoms with Crippen molar-refractivity contribution < 1.29 is 34.4 Å². The summed E-state index contributed by atoms with van der Waals surface area (Å²) >= 11 is 0. The van der Waals surface area contributed by atoms with Crippen LogP contribution in [0.15, 0.2) is 0 Å². The molecule has 0 aliphatic heterocycles. The number of aliphatic hydroxyl groups is 3. The van der Waals surface area contributed by atoms with Gasteiger partial charge in [0.25, 0.3) is 0 Å². The number of carbonyl (C=O) groups is 2. The minimum Gasteiger partial charge on any atom is -0.466 e. The molecule has 3 atom stereocenters. The minimum absolute atomic E-state index is 0.00339. The zero-order valence-corrected chi connectivity index (χ0v) is 12.7. The third-order valence-electron chi connectivity index (χ3n) is 2.79. The Morgan fingerprint density at radius 2 is 1.43 bits per heavy atom. The summed E-state index contributed by atoms with van der Waals surface area (Å²) in [4.78, 5) is 22.2. The van der Waals surface area contributed by atoms with Crippen LogP contribution in [-0.2, 0) is 19.1 Å². The third kappa shape index (κ3) is 9.38. The molecule has 0 radical (unpaired) electrons. The quantitative estimate of drug-likeness (QED) is 0.465. The first-order chi connectivity index (χ1) is 9.92. The van der Waals surface area contributed by atoms with E-state index in [2.05, 4.69) is 0 Å². The predicted octanol–water partition coefficient (Wildman–Crippen LogP) is 0.146. The van der Waals surface area contributed by atoms with Crippen LogP contribution in [-0.4, -0.2) is 58.8 Å². The van der Waals surface area contributed by atoms with Gasteiger partial charge in [-0.05, 0) is 12.8 Å². The molecule has 0 aromatic carbocycles. The molecule has 124 valence electrons. The zero-order valence-electron chi connectivity index (χ0n) is 12.7. The highest BCUT2D eigenvalue weighted by Gasteiger charge is 2.25. The van der Waals surface area contributed by atoms with Crippen LogP contribution in [0.25, 0.3) is 0 Å². The Hall–Kier alpha value is -1.18. The maximum atomic E-state index is 11.1. The molecule has 3 unspecified atom stereocenters. The Morgan fingerprint density at radius 1 is 0.905 bits per heavy atom. The molecule has 7 heteroatoms. The summed E-state index contributed by atoms with van der Waals surface area (Å²) in [6.07, 6.45) is -2.28. The number of carbonyl (C=O) groups excluding carboxylic acids is 2. The highest BCUT2D eigenvalue weighted by atomic mass is 16.5. The van der Waals surface area contributed by atoms with Gasteiger partial charge in [-0.2, -0.15) is 0 Å². The first kappa shape index (κ1) is 19.8. The van der Waals surface area contributed by atoms with Gasteiger partial charge in [0.15, 0.2) is 0 Å². The van der Waals surface area contributed by atoms with Crippen LogP contribution in [0.3, 0.4) is 0 Å². The highest BCUT2D eigenvalue weighted by molar-refractivity contribution is 5.69. The van der Waals surface area contributed by atoms with E-state index >= 15 is 0 Å². The molecule has 0 saturated carbocycles. The second-order valence-corrected chi connectivity index (χ2v) is 4.82. The van der Waals surface area contributed by atoms with Crippen molar-refractivity contribution in [1.29, 1.82) is 0 Å². The number of rotatable bonds is 11. The van der Waals surface area contributed by atoms with Crippen molar-refractivity contribution in [3.05, 3.63) is 0 Å². The smallest absolute Gasteiger partial charge is 0.305 e. The van der Waals surface area contributed by atoms with Gasteiger partial charge in [0.05, 0.1) is 12.7 Å². The fourth-order valence-corrected chi connectivity index (χ4v) is 1.55. The third-order valence-corrected chi connectivity index (χ3v) is 2.79. The topological polar surface area (TPSA) is 113 Å². The molecular weight excluding hydrogens is 280 g/mol. The first-order valence-electron chi connectivity index (χ1n) is 7.27. The molecule has 0 rings (SSSR count). The Bertz CT molecular complexity index is 306. The van der Waals surface area contributed by atoms with E-state index in [1.807, 2.05) is 13.8 Å². The number of hydrogen-bond acceptors (Lipinski definition) is 7. The van der Waals surface area contributed by atoms with E-state index in [0.29, 0.717) is 19.3 Å². The molecular formula is C14H26O7. The Balaban J connectivity index is 3.93. The number of aliphatic hydroxyl groups excluding tert-OH is 3. The number of esters is 2. The van der Waals surface area contributed by atoms with E-state index in [1.54, 1.807) is 0 Å². The molecule has 0 fully saturated rings.